The first kappa shape index (κ1) is 21.3. The highest BCUT2D eigenvalue weighted by molar-refractivity contribution is 6.00. The van der Waals surface area contributed by atoms with Crippen LogP contribution in [0.25, 0.3) is 22.4 Å². The first-order valence-electron chi connectivity index (χ1n) is 9.50. The fourth-order valence-electron chi connectivity index (χ4n) is 3.58. The van der Waals surface area contributed by atoms with Gasteiger partial charge in [0.2, 0.25) is 0 Å². The molecule has 2 atom stereocenters. The number of allylic oxidation sites excluding steroid dienone is 2. The summed E-state index contributed by atoms with van der Waals surface area (Å²) in [6, 6.07) is 6.35. The molecule has 29 heavy (non-hydrogen) atoms. The molecule has 0 spiro atoms. The molecule has 3 nitrogen and oxygen atoms in total. The van der Waals surface area contributed by atoms with E-state index in [0.29, 0.717) is 35.1 Å². The molecule has 2 heterocycles. The van der Waals surface area contributed by atoms with Crippen molar-refractivity contribution in [2.45, 2.75) is 38.7 Å². The van der Waals surface area contributed by atoms with E-state index >= 15 is 0 Å². The average Bonchev–Trinajstić information content (AvgIpc) is 2.62. The Labute approximate surface area is 168 Å². The second-order valence-corrected chi connectivity index (χ2v) is 7.81. The smallest absolute Gasteiger partial charge is 0.379 e. The number of pyridine rings is 1. The maximum atomic E-state index is 14.5. The number of halogens is 4. The van der Waals surface area contributed by atoms with E-state index in [0.717, 1.165) is 12.1 Å². The Kier molecular flexibility index (Phi) is 5.98. The van der Waals surface area contributed by atoms with Gasteiger partial charge in [0.15, 0.2) is 0 Å². The Morgan fingerprint density at radius 2 is 2.00 bits per heavy atom. The van der Waals surface area contributed by atoms with Crippen LogP contribution in [0.4, 0.5) is 23.2 Å². The van der Waals surface area contributed by atoms with Crippen molar-refractivity contribution in [2.24, 2.45) is 0 Å². The number of rotatable bonds is 4. The monoisotopic (exact) mass is 407 g/mol. The number of nitrogens with zero attached hydrogens (tertiary/aromatic N) is 2. The largest absolute Gasteiger partial charge is 0.417 e. The van der Waals surface area contributed by atoms with Gasteiger partial charge in [-0.25, -0.2) is 9.37 Å². The molecule has 0 bridgehead atoms. The molecule has 0 saturated carbocycles. The predicted octanol–water partition coefficient (Wildman–Crippen LogP) is 5.69. The summed E-state index contributed by atoms with van der Waals surface area (Å²) in [4.78, 5) is 6.14. The van der Waals surface area contributed by atoms with Gasteiger partial charge in [0.05, 0.1) is 23.0 Å². The van der Waals surface area contributed by atoms with Gasteiger partial charge in [0, 0.05) is 29.5 Å². The molecule has 2 aromatic rings. The summed E-state index contributed by atoms with van der Waals surface area (Å²) in [6.07, 6.45) is -3.32. The van der Waals surface area contributed by atoms with Gasteiger partial charge in [-0.15, -0.1) is 0 Å². The SMILES string of the molecule is C=C(c1nc(C=C(C)C)cc2c(N[C@@H]3CCN(C)C[C@@H]3F)cccc12)C(F)(F)F. The lowest BCUT2D eigenvalue weighted by atomic mass is 9.99. The van der Waals surface area contributed by atoms with E-state index in [4.69, 9.17) is 0 Å². The topological polar surface area (TPSA) is 28.2 Å². The first-order valence-corrected chi connectivity index (χ1v) is 9.50. The van der Waals surface area contributed by atoms with Gasteiger partial charge in [-0.05, 0) is 45.5 Å². The van der Waals surface area contributed by atoms with Crippen LogP contribution in [0.3, 0.4) is 0 Å². The maximum Gasteiger partial charge on any atom is 0.417 e. The summed E-state index contributed by atoms with van der Waals surface area (Å²) in [7, 11) is 1.87. The minimum Gasteiger partial charge on any atom is -0.379 e. The van der Waals surface area contributed by atoms with E-state index in [1.165, 1.54) is 0 Å². The Morgan fingerprint density at radius 1 is 1.28 bits per heavy atom. The minimum atomic E-state index is -4.59. The molecule has 1 aromatic heterocycles. The summed E-state index contributed by atoms with van der Waals surface area (Å²) in [5, 5.41) is 4.13. The Balaban J connectivity index is 2.12. The van der Waals surface area contributed by atoms with Crippen molar-refractivity contribution < 1.29 is 17.6 Å². The van der Waals surface area contributed by atoms with Crippen molar-refractivity contribution in [1.82, 2.24) is 9.88 Å². The number of anilines is 1. The molecule has 3 rings (SSSR count). The lowest BCUT2D eigenvalue weighted by Crippen LogP contribution is -2.46. The number of benzene rings is 1. The number of nitrogens with one attached hydrogen (secondary N) is 1. The number of fused-ring (bicyclic) bond motifs is 1. The van der Waals surface area contributed by atoms with Crippen molar-refractivity contribution in [3.05, 3.63) is 47.8 Å². The fourth-order valence-corrected chi connectivity index (χ4v) is 3.58. The van der Waals surface area contributed by atoms with E-state index in [-0.39, 0.29) is 5.69 Å². The fraction of sp³-hybridized carbons (Fsp3) is 0.409. The normalized spacial score (nSPS) is 20.5. The molecule has 1 aromatic carbocycles. The van der Waals surface area contributed by atoms with E-state index in [2.05, 4.69) is 16.9 Å². The van der Waals surface area contributed by atoms with Gasteiger partial charge in [-0.1, -0.05) is 24.3 Å². The van der Waals surface area contributed by atoms with Gasteiger partial charge < -0.3 is 10.2 Å². The van der Waals surface area contributed by atoms with Gasteiger partial charge in [-0.2, -0.15) is 13.2 Å². The van der Waals surface area contributed by atoms with Crippen LogP contribution >= 0.6 is 0 Å². The van der Waals surface area contributed by atoms with Gasteiger partial charge >= 0.3 is 6.18 Å². The van der Waals surface area contributed by atoms with Crippen LogP contribution in [0.15, 0.2) is 36.4 Å². The summed E-state index contributed by atoms with van der Waals surface area (Å²) in [5.41, 5.74) is 0.719. The highest BCUT2D eigenvalue weighted by atomic mass is 19.4. The van der Waals surface area contributed by atoms with Crippen molar-refractivity contribution in [1.29, 1.82) is 0 Å². The van der Waals surface area contributed by atoms with Crippen molar-refractivity contribution in [3.63, 3.8) is 0 Å². The number of piperidine rings is 1. The quantitative estimate of drug-likeness (QED) is 0.660. The van der Waals surface area contributed by atoms with E-state index in [9.17, 15) is 17.6 Å². The third-order valence-electron chi connectivity index (χ3n) is 5.04. The van der Waals surface area contributed by atoms with Gasteiger partial charge in [0.25, 0.3) is 0 Å². The predicted molar refractivity (Wildman–Crippen MR) is 111 cm³/mol. The zero-order valence-corrected chi connectivity index (χ0v) is 16.8. The Hall–Kier alpha value is -2.41. The Morgan fingerprint density at radius 3 is 2.62 bits per heavy atom. The molecule has 1 saturated heterocycles. The van der Waals surface area contributed by atoms with Crippen molar-refractivity contribution in [3.8, 4) is 0 Å². The second-order valence-electron chi connectivity index (χ2n) is 7.81. The van der Waals surface area contributed by atoms with Crippen LogP contribution in [0.5, 0.6) is 0 Å². The molecule has 1 aliphatic rings. The molecular weight excluding hydrogens is 382 g/mol. The number of likely N-dealkylation sites (tertiary alicyclic amines) is 1. The molecule has 1 aliphatic heterocycles. The summed E-state index contributed by atoms with van der Waals surface area (Å²) in [5.74, 6) is 0. The highest BCUT2D eigenvalue weighted by Crippen LogP contribution is 2.37. The molecule has 0 radical (unpaired) electrons. The average molecular weight is 407 g/mol. The van der Waals surface area contributed by atoms with E-state index in [1.807, 2.05) is 25.8 Å². The highest BCUT2D eigenvalue weighted by Gasteiger charge is 2.35. The van der Waals surface area contributed by atoms with Crippen LogP contribution in [0, 0.1) is 0 Å². The zero-order chi connectivity index (χ0) is 21.3. The maximum absolute atomic E-state index is 14.5. The van der Waals surface area contributed by atoms with Crippen LogP contribution in [0.1, 0.15) is 31.7 Å². The van der Waals surface area contributed by atoms with Crippen molar-refractivity contribution >= 4 is 28.1 Å². The van der Waals surface area contributed by atoms with Crippen LogP contribution < -0.4 is 5.32 Å². The number of aromatic nitrogens is 1. The van der Waals surface area contributed by atoms with Crippen molar-refractivity contribution in [2.75, 3.05) is 25.5 Å². The Bertz CT molecular complexity index is 945. The number of hydrogen-bond donors (Lipinski definition) is 1. The number of alkyl halides is 4. The molecule has 7 heteroatoms. The third-order valence-corrected chi connectivity index (χ3v) is 5.04. The molecule has 1 fully saturated rings. The lowest BCUT2D eigenvalue weighted by molar-refractivity contribution is -0.0688. The summed E-state index contributed by atoms with van der Waals surface area (Å²) < 4.78 is 54.7. The van der Waals surface area contributed by atoms with Gasteiger partial charge in [-0.3, -0.25) is 0 Å². The summed E-state index contributed by atoms with van der Waals surface area (Å²) in [6.45, 7) is 8.01. The second kappa shape index (κ2) is 8.14. The van der Waals surface area contributed by atoms with Crippen LogP contribution in [0.2, 0.25) is 0 Å². The van der Waals surface area contributed by atoms with E-state index in [1.54, 1.807) is 30.3 Å². The van der Waals surface area contributed by atoms with Gasteiger partial charge in [0.1, 0.15) is 6.17 Å². The zero-order valence-electron chi connectivity index (χ0n) is 16.8. The molecular formula is C22H25F4N3. The molecule has 1 N–H and O–H groups in total. The van der Waals surface area contributed by atoms with Crippen LogP contribution in [-0.2, 0) is 0 Å². The molecule has 0 amide bonds. The first-order chi connectivity index (χ1) is 13.6. The minimum absolute atomic E-state index is 0.202. The third kappa shape index (κ3) is 4.78. The molecule has 0 unspecified atom stereocenters. The molecule has 156 valence electrons. The lowest BCUT2D eigenvalue weighted by Gasteiger charge is -2.33. The number of hydrogen-bond acceptors (Lipinski definition) is 3. The van der Waals surface area contributed by atoms with Crippen LogP contribution in [-0.4, -0.2) is 48.4 Å². The standard InChI is InChI=1S/C22H25F4N3/c1-13(2)10-15-11-17-16(21(27-15)14(3)22(24,25)26)6-5-7-19(17)28-20-8-9-29(4)12-18(20)23/h5-7,10-11,18,20,28H,3,8-9,12H2,1-2,4H3/t18-,20+/m0/s1. The summed E-state index contributed by atoms with van der Waals surface area (Å²) >= 11 is 0. The van der Waals surface area contributed by atoms with E-state index < -0.39 is 24.0 Å². The molecule has 0 aliphatic carbocycles.